The van der Waals surface area contributed by atoms with Crippen LogP contribution in [0.2, 0.25) is 0 Å². The number of H-pyrrole nitrogens is 1. The van der Waals surface area contributed by atoms with Crippen molar-refractivity contribution in [3.8, 4) is 5.75 Å². The van der Waals surface area contributed by atoms with Gasteiger partial charge in [0.1, 0.15) is 17.4 Å². The molecule has 0 radical (unpaired) electrons. The number of benzene rings is 2. The van der Waals surface area contributed by atoms with Gasteiger partial charge in [0.05, 0.1) is 18.2 Å². The first-order valence-corrected chi connectivity index (χ1v) is 8.50. The van der Waals surface area contributed by atoms with Gasteiger partial charge in [-0.3, -0.25) is 15.2 Å². The maximum atomic E-state index is 11.6. The van der Waals surface area contributed by atoms with Gasteiger partial charge < -0.3 is 9.58 Å². The third-order valence-electron chi connectivity index (χ3n) is 4.80. The van der Waals surface area contributed by atoms with E-state index < -0.39 is 16.9 Å². The molecule has 2 unspecified atom stereocenters. The van der Waals surface area contributed by atoms with Gasteiger partial charge in [0.15, 0.2) is 5.82 Å². The number of hydrogen-bond acceptors (Lipinski definition) is 5. The fraction of sp³-hybridized carbons (Fsp3) is 0.150. The third kappa shape index (κ3) is 2.79. The highest BCUT2D eigenvalue weighted by Gasteiger charge is 2.43. The van der Waals surface area contributed by atoms with Gasteiger partial charge in [-0.1, -0.05) is 18.2 Å². The van der Waals surface area contributed by atoms with Crippen LogP contribution in [-0.4, -0.2) is 34.0 Å². The minimum absolute atomic E-state index is 0.0238. The number of para-hydroxylation sites is 1. The molecular formula is C20H15N5O3. The van der Waals surface area contributed by atoms with Gasteiger partial charge in [0, 0.05) is 22.8 Å². The Morgan fingerprint density at radius 3 is 2.61 bits per heavy atom. The molecule has 0 fully saturated rings. The molecule has 0 bridgehead atoms. The van der Waals surface area contributed by atoms with Crippen LogP contribution >= 0.6 is 0 Å². The smallest absolute Gasteiger partial charge is 0.277 e. The Morgan fingerprint density at radius 2 is 1.93 bits per heavy atom. The number of nitrogens with one attached hydrogen (secondary N) is 1. The molecule has 2 atom stereocenters. The fourth-order valence-electron chi connectivity index (χ4n) is 3.51. The van der Waals surface area contributed by atoms with Crippen molar-refractivity contribution >= 4 is 17.2 Å². The SMILES string of the molecule is [C-]#[N+]C1C(c2ccc(OC)cc2)=Nc2[nH]ncc2C1c1ccccc1[N+](=O)[O-]. The molecule has 1 aliphatic heterocycles. The lowest BCUT2D eigenvalue weighted by Gasteiger charge is -2.24. The largest absolute Gasteiger partial charge is 0.497 e. The van der Waals surface area contributed by atoms with Gasteiger partial charge in [0.25, 0.3) is 11.7 Å². The van der Waals surface area contributed by atoms with Crippen LogP contribution in [-0.2, 0) is 0 Å². The minimum atomic E-state index is -0.723. The lowest BCUT2D eigenvalue weighted by Crippen LogP contribution is -2.30. The molecule has 3 aromatic rings. The quantitative estimate of drug-likeness (QED) is 0.426. The molecule has 1 aliphatic rings. The van der Waals surface area contributed by atoms with E-state index in [4.69, 9.17) is 11.3 Å². The van der Waals surface area contributed by atoms with Crippen molar-refractivity contribution in [2.75, 3.05) is 7.11 Å². The number of ether oxygens (including phenoxy) is 1. The second-order valence-corrected chi connectivity index (χ2v) is 6.27. The standard InChI is InChI=1S/C20H15N5O3/c1-21-19-17(14-5-3-4-6-16(14)25(26)27)15-11-22-24-20(15)23-18(19)12-7-9-13(28-2)10-8-12/h3-11,17,19H,2H3,(H,22,24). The summed E-state index contributed by atoms with van der Waals surface area (Å²) in [6, 6.07) is 13.0. The number of aromatic amines is 1. The summed E-state index contributed by atoms with van der Waals surface area (Å²) in [5.41, 5.74) is 2.41. The van der Waals surface area contributed by atoms with E-state index in [0.29, 0.717) is 28.4 Å². The highest BCUT2D eigenvalue weighted by Crippen LogP contribution is 2.43. The van der Waals surface area contributed by atoms with Crippen LogP contribution in [0, 0.1) is 16.7 Å². The molecule has 0 amide bonds. The average molecular weight is 373 g/mol. The molecule has 1 aromatic heterocycles. The zero-order chi connectivity index (χ0) is 19.7. The van der Waals surface area contributed by atoms with Crippen molar-refractivity contribution in [2.45, 2.75) is 12.0 Å². The summed E-state index contributed by atoms with van der Waals surface area (Å²) in [4.78, 5) is 19.6. The molecule has 2 aromatic carbocycles. The normalized spacial score (nSPS) is 17.9. The number of aliphatic imine (C=N–C) groups is 1. The predicted molar refractivity (Wildman–Crippen MR) is 103 cm³/mol. The Morgan fingerprint density at radius 1 is 1.18 bits per heavy atom. The van der Waals surface area contributed by atoms with Gasteiger partial charge in [-0.2, -0.15) is 5.10 Å². The van der Waals surface area contributed by atoms with Crippen LogP contribution in [0.15, 0.2) is 59.7 Å². The molecule has 1 N–H and O–H groups in total. The molecule has 0 aliphatic carbocycles. The van der Waals surface area contributed by atoms with Crippen molar-refractivity contribution in [3.63, 3.8) is 0 Å². The summed E-state index contributed by atoms with van der Waals surface area (Å²) in [7, 11) is 1.58. The van der Waals surface area contributed by atoms with Crippen molar-refractivity contribution < 1.29 is 9.66 Å². The van der Waals surface area contributed by atoms with Crippen LogP contribution in [0.1, 0.15) is 22.6 Å². The van der Waals surface area contributed by atoms with Crippen molar-refractivity contribution in [3.05, 3.63) is 92.9 Å². The first-order chi connectivity index (χ1) is 13.6. The number of rotatable bonds is 4. The molecule has 0 saturated carbocycles. The Kier molecular flexibility index (Phi) is 4.33. The minimum Gasteiger partial charge on any atom is -0.497 e. The van der Waals surface area contributed by atoms with Crippen LogP contribution in [0.25, 0.3) is 4.85 Å². The van der Waals surface area contributed by atoms with Gasteiger partial charge >= 0.3 is 0 Å². The van der Waals surface area contributed by atoms with E-state index in [9.17, 15) is 10.1 Å². The van der Waals surface area contributed by atoms with E-state index in [-0.39, 0.29) is 5.69 Å². The molecule has 0 spiro atoms. The Labute approximate surface area is 160 Å². The number of fused-ring (bicyclic) bond motifs is 1. The maximum Gasteiger partial charge on any atom is 0.277 e. The first-order valence-electron chi connectivity index (χ1n) is 8.50. The number of aromatic nitrogens is 2. The van der Waals surface area contributed by atoms with E-state index in [1.54, 1.807) is 43.6 Å². The monoisotopic (exact) mass is 373 g/mol. The number of hydrogen-bond donors (Lipinski definition) is 1. The first kappa shape index (κ1) is 17.4. The lowest BCUT2D eigenvalue weighted by molar-refractivity contribution is -0.385. The molecular weight excluding hydrogens is 358 g/mol. The van der Waals surface area contributed by atoms with Crippen LogP contribution in [0.5, 0.6) is 5.75 Å². The number of methoxy groups -OCH3 is 1. The van der Waals surface area contributed by atoms with Gasteiger partial charge in [0.2, 0.25) is 0 Å². The summed E-state index contributed by atoms with van der Waals surface area (Å²) >= 11 is 0. The van der Waals surface area contributed by atoms with Gasteiger partial charge in [-0.25, -0.2) is 11.6 Å². The number of nitro benzene ring substituents is 1. The topological polar surface area (TPSA) is 97.8 Å². The Balaban J connectivity index is 1.90. The summed E-state index contributed by atoms with van der Waals surface area (Å²) < 4.78 is 5.19. The second kappa shape index (κ2) is 6.96. The van der Waals surface area contributed by atoms with E-state index in [1.807, 2.05) is 12.1 Å². The van der Waals surface area contributed by atoms with E-state index in [0.717, 1.165) is 5.56 Å². The van der Waals surface area contributed by atoms with E-state index in [1.165, 1.54) is 6.07 Å². The van der Waals surface area contributed by atoms with Crippen molar-refractivity contribution in [1.82, 2.24) is 10.2 Å². The maximum absolute atomic E-state index is 11.6. The third-order valence-corrected chi connectivity index (χ3v) is 4.80. The summed E-state index contributed by atoms with van der Waals surface area (Å²) in [5, 5.41) is 18.5. The summed E-state index contributed by atoms with van der Waals surface area (Å²) in [5.74, 6) is 0.647. The highest BCUT2D eigenvalue weighted by atomic mass is 16.6. The van der Waals surface area contributed by atoms with Gasteiger partial charge in [-0.15, -0.1) is 0 Å². The van der Waals surface area contributed by atoms with Crippen LogP contribution in [0.4, 0.5) is 11.5 Å². The van der Waals surface area contributed by atoms with E-state index >= 15 is 0 Å². The van der Waals surface area contributed by atoms with Crippen molar-refractivity contribution in [2.24, 2.45) is 4.99 Å². The average Bonchev–Trinajstić information content (AvgIpc) is 3.20. The van der Waals surface area contributed by atoms with Crippen LogP contribution < -0.4 is 4.74 Å². The molecule has 8 nitrogen and oxygen atoms in total. The summed E-state index contributed by atoms with van der Waals surface area (Å²) in [6.07, 6.45) is 1.59. The number of nitrogens with zero attached hydrogens (tertiary/aromatic N) is 4. The van der Waals surface area contributed by atoms with Crippen LogP contribution in [0.3, 0.4) is 0 Å². The highest BCUT2D eigenvalue weighted by molar-refractivity contribution is 6.09. The number of nitro groups is 1. The lowest BCUT2D eigenvalue weighted by atomic mass is 9.80. The molecule has 0 saturated heterocycles. The fourth-order valence-corrected chi connectivity index (χ4v) is 3.51. The predicted octanol–water partition coefficient (Wildman–Crippen LogP) is 3.88. The van der Waals surface area contributed by atoms with Crippen molar-refractivity contribution in [1.29, 1.82) is 0 Å². The van der Waals surface area contributed by atoms with Gasteiger partial charge in [-0.05, 0) is 24.3 Å². The molecule has 4 rings (SSSR count). The Hall–Kier alpha value is -3.99. The zero-order valence-electron chi connectivity index (χ0n) is 14.9. The molecule has 28 heavy (non-hydrogen) atoms. The molecule has 138 valence electrons. The Bertz CT molecular complexity index is 1110. The molecule has 8 heteroatoms. The zero-order valence-corrected chi connectivity index (χ0v) is 14.9. The second-order valence-electron chi connectivity index (χ2n) is 6.27. The molecule has 2 heterocycles. The van der Waals surface area contributed by atoms with E-state index in [2.05, 4.69) is 20.0 Å². The summed E-state index contributed by atoms with van der Waals surface area (Å²) in [6.45, 7) is 7.83.